The van der Waals surface area contributed by atoms with E-state index in [-0.39, 0.29) is 24.2 Å². The van der Waals surface area contributed by atoms with Gasteiger partial charge in [-0.25, -0.2) is 4.79 Å². The van der Waals surface area contributed by atoms with Gasteiger partial charge in [-0.05, 0) is 25.8 Å². The number of carbonyl (C=O) groups excluding carboxylic acids is 1. The number of ether oxygens (including phenoxy) is 1. The Morgan fingerprint density at radius 1 is 1.75 bits per heavy atom. The number of nitrogens with zero attached hydrogens (tertiary/aromatic N) is 1. The molecule has 0 aromatic heterocycles. The van der Waals surface area contributed by atoms with Gasteiger partial charge in [-0.15, -0.1) is 0 Å². The Balaban J connectivity index is 4.85. The first kappa shape index (κ1) is 6.24. The summed E-state index contributed by atoms with van der Waals surface area (Å²) in [7, 11) is 0. The molecule has 0 aliphatic carbocycles. The molecular weight excluding hydrogens is 154 g/mol. The van der Waals surface area contributed by atoms with Gasteiger partial charge in [0.2, 0.25) is 0 Å². The average Bonchev–Trinajstić information content (AvgIpc) is 2.02. The van der Waals surface area contributed by atoms with Crippen molar-refractivity contribution in [1.82, 2.24) is 0 Å². The molecule has 0 spiro atoms. The maximum Gasteiger partial charge on any atom is 0.348 e. The molecule has 0 amide bonds. The van der Waals surface area contributed by atoms with E-state index in [4.69, 9.17) is 9.37 Å². The van der Waals surface area contributed by atoms with Crippen molar-refractivity contribution in [2.24, 2.45) is 0 Å². The van der Waals surface area contributed by atoms with Crippen LogP contribution >= 0.6 is 0 Å². The van der Waals surface area contributed by atoms with Crippen LogP contribution in [0.2, 0.25) is 0 Å². The van der Waals surface area contributed by atoms with Crippen molar-refractivity contribution in [2.45, 2.75) is 27.1 Å². The van der Waals surface area contributed by atoms with E-state index in [1.54, 1.807) is 13.0 Å². The van der Waals surface area contributed by atoms with Crippen LogP contribution in [0, 0.1) is 11.3 Å². The van der Waals surface area contributed by atoms with Crippen molar-refractivity contribution < 1.29 is 13.6 Å². The van der Waals surface area contributed by atoms with Gasteiger partial charge in [-0.3, -0.25) is 0 Å². The van der Waals surface area contributed by atoms with Gasteiger partial charge in [0.05, 0.1) is 6.61 Å². The number of nitriles is 1. The second kappa shape index (κ2) is 5.36. The summed E-state index contributed by atoms with van der Waals surface area (Å²) >= 11 is 0. The molecule has 0 aromatic rings. The summed E-state index contributed by atoms with van der Waals surface area (Å²) in [6.07, 6.45) is -0.283. The predicted octanol–water partition coefficient (Wildman–Crippen LogP) is 1.80. The van der Waals surface area contributed by atoms with Crippen molar-refractivity contribution in [2.75, 3.05) is 6.61 Å². The van der Waals surface area contributed by atoms with E-state index in [9.17, 15) is 4.79 Å². The van der Waals surface area contributed by atoms with Crippen LogP contribution in [-0.2, 0) is 9.53 Å². The van der Waals surface area contributed by atoms with E-state index in [2.05, 4.69) is 4.74 Å². The maximum absolute atomic E-state index is 11.2. The van der Waals surface area contributed by atoms with Crippen LogP contribution in [-0.4, -0.2) is 12.6 Å². The maximum atomic E-state index is 11.2. The first-order valence-electron chi connectivity index (χ1n) is 5.08. The highest BCUT2D eigenvalue weighted by atomic mass is 16.5. The molecule has 0 atom stereocenters. The van der Waals surface area contributed by atoms with Crippen LogP contribution in [0.4, 0.5) is 0 Å². The zero-order valence-electron chi connectivity index (χ0n) is 10.2. The lowest BCUT2D eigenvalue weighted by Crippen LogP contribution is -2.07. The molecule has 66 valence electrons. The van der Waals surface area contributed by atoms with E-state index in [0.717, 1.165) is 0 Å². The van der Waals surface area contributed by atoms with E-state index >= 15 is 0 Å². The molecule has 0 aromatic carbocycles. The van der Waals surface area contributed by atoms with Crippen LogP contribution < -0.4 is 0 Å². The third-order valence-corrected chi connectivity index (χ3v) is 1.28. The molecule has 0 unspecified atom stereocenters. The molecule has 3 nitrogen and oxygen atoms in total. The molecule has 3 heteroatoms. The number of hydrogen-bond donors (Lipinski definition) is 0. The summed E-state index contributed by atoms with van der Waals surface area (Å²) in [6.45, 7) is 1.04. The van der Waals surface area contributed by atoms with Gasteiger partial charge >= 0.3 is 5.97 Å². The Morgan fingerprint density at radius 3 is 2.83 bits per heavy atom. The summed E-state index contributed by atoms with van der Waals surface area (Å²) < 4.78 is 25.7. The van der Waals surface area contributed by atoms with Crippen molar-refractivity contribution in [3.05, 3.63) is 11.1 Å². The summed E-state index contributed by atoms with van der Waals surface area (Å²) in [5.74, 6) is -0.762. The van der Waals surface area contributed by atoms with Crippen molar-refractivity contribution in [1.29, 1.82) is 5.26 Å². The third kappa shape index (κ3) is 2.75. The topological polar surface area (TPSA) is 50.1 Å². The standard InChI is InChI=1S/C9H13NO2/c1-4-7(3)8(6-10)9(11)12-5-2/h4-5H2,1-3H3/b8-7-/i1D3. The molecule has 0 heterocycles. The fraction of sp³-hybridized carbons (Fsp3) is 0.556. The molecule has 0 N–H and O–H groups in total. The lowest BCUT2D eigenvalue weighted by Gasteiger charge is -2.01. The van der Waals surface area contributed by atoms with Crippen molar-refractivity contribution >= 4 is 5.97 Å². The van der Waals surface area contributed by atoms with E-state index < -0.39 is 12.8 Å². The highest BCUT2D eigenvalue weighted by Crippen LogP contribution is 2.08. The molecule has 0 fully saturated rings. The predicted molar refractivity (Wildman–Crippen MR) is 45.2 cm³/mol. The number of allylic oxidation sites excluding steroid dienone is 1. The molecule has 0 radical (unpaired) electrons. The molecule has 0 saturated carbocycles. The van der Waals surface area contributed by atoms with Gasteiger partial charge in [0.15, 0.2) is 0 Å². The van der Waals surface area contributed by atoms with Gasteiger partial charge in [0.25, 0.3) is 0 Å². The molecule has 0 bridgehead atoms. The molecule has 0 aliphatic rings. The minimum Gasteiger partial charge on any atom is -0.462 e. The van der Waals surface area contributed by atoms with Crippen molar-refractivity contribution in [3.63, 3.8) is 0 Å². The molecule has 0 saturated heterocycles. The van der Waals surface area contributed by atoms with Gasteiger partial charge in [-0.2, -0.15) is 5.26 Å². The Bertz CT molecular complexity index is 312. The van der Waals surface area contributed by atoms with Crippen LogP contribution in [0.1, 0.15) is 31.2 Å². The van der Waals surface area contributed by atoms with Gasteiger partial charge in [-0.1, -0.05) is 6.85 Å². The largest absolute Gasteiger partial charge is 0.462 e. The number of rotatable bonds is 3. The zero-order valence-corrected chi connectivity index (χ0v) is 7.18. The molecule has 0 rings (SSSR count). The van der Waals surface area contributed by atoms with E-state index in [1.807, 2.05) is 0 Å². The second-order valence-electron chi connectivity index (χ2n) is 2.16. The molecule has 12 heavy (non-hydrogen) atoms. The van der Waals surface area contributed by atoms with Crippen LogP contribution in [0.25, 0.3) is 0 Å². The summed E-state index contributed by atoms with van der Waals surface area (Å²) in [6, 6.07) is 1.66. The molecular formula is C9H13NO2. The lowest BCUT2D eigenvalue weighted by atomic mass is 10.1. The van der Waals surface area contributed by atoms with E-state index in [1.165, 1.54) is 6.92 Å². The first-order valence-corrected chi connectivity index (χ1v) is 3.58. The first-order chi connectivity index (χ1) is 6.81. The summed E-state index contributed by atoms with van der Waals surface area (Å²) in [5.41, 5.74) is 0.0175. The number of esters is 1. The van der Waals surface area contributed by atoms with Crippen LogP contribution in [0.5, 0.6) is 0 Å². The average molecular weight is 170 g/mol. The summed E-state index contributed by atoms with van der Waals surface area (Å²) in [4.78, 5) is 11.2. The minimum absolute atomic E-state index is 0.158. The highest BCUT2D eigenvalue weighted by Gasteiger charge is 2.11. The second-order valence-corrected chi connectivity index (χ2v) is 2.16. The third-order valence-electron chi connectivity index (χ3n) is 1.28. The van der Waals surface area contributed by atoms with Gasteiger partial charge in [0.1, 0.15) is 11.6 Å². The monoisotopic (exact) mass is 170 g/mol. The summed E-state index contributed by atoms with van der Waals surface area (Å²) in [5, 5.41) is 8.70. The highest BCUT2D eigenvalue weighted by molar-refractivity contribution is 5.93. The quantitative estimate of drug-likeness (QED) is 0.368. The number of carbonyl (C=O) groups is 1. The van der Waals surface area contributed by atoms with Crippen LogP contribution in [0.3, 0.4) is 0 Å². The minimum atomic E-state index is -2.18. The lowest BCUT2D eigenvalue weighted by molar-refractivity contribution is -0.138. The molecule has 0 aliphatic heterocycles. The fourth-order valence-electron chi connectivity index (χ4n) is 0.607. The Kier molecular flexibility index (Phi) is 2.79. The Hall–Kier alpha value is -1.30. The smallest absolute Gasteiger partial charge is 0.348 e. The van der Waals surface area contributed by atoms with Crippen LogP contribution in [0.15, 0.2) is 11.1 Å². The van der Waals surface area contributed by atoms with Gasteiger partial charge in [0, 0.05) is 4.11 Å². The Morgan fingerprint density at radius 2 is 2.42 bits per heavy atom. The SMILES string of the molecule is [2H]C([2H])([2H])C/C(C)=C(/C#N)C(=O)OCC. The number of hydrogen-bond acceptors (Lipinski definition) is 3. The fourth-order valence-corrected chi connectivity index (χ4v) is 0.607. The van der Waals surface area contributed by atoms with E-state index in [0.29, 0.717) is 0 Å². The Labute approximate surface area is 76.9 Å². The van der Waals surface area contributed by atoms with Gasteiger partial charge < -0.3 is 4.74 Å². The zero-order chi connectivity index (χ0) is 12.1. The van der Waals surface area contributed by atoms with Crippen molar-refractivity contribution in [3.8, 4) is 6.07 Å². The normalized spacial score (nSPS) is 16.2.